The highest BCUT2D eigenvalue weighted by Crippen LogP contribution is 2.20. The number of aryl methyl sites for hydroxylation is 3. The molecule has 0 radical (unpaired) electrons. The summed E-state index contributed by atoms with van der Waals surface area (Å²) in [6.45, 7) is 11.6. The van der Waals surface area contributed by atoms with Gasteiger partial charge in [-0.15, -0.1) is 0 Å². The molecule has 1 heterocycles. The van der Waals surface area contributed by atoms with Crippen molar-refractivity contribution in [2.24, 2.45) is 0 Å². The SMILES string of the molecule is CCCN(CCC)C(=O)c1cc(C)nc(Nc2cc(C)ccc2C)n1. The molecule has 1 aromatic heterocycles. The van der Waals surface area contributed by atoms with Crippen LogP contribution < -0.4 is 5.32 Å². The molecule has 2 rings (SSSR count). The van der Waals surface area contributed by atoms with Crippen LogP contribution >= 0.6 is 0 Å². The van der Waals surface area contributed by atoms with E-state index >= 15 is 0 Å². The van der Waals surface area contributed by atoms with Gasteiger partial charge in [-0.2, -0.15) is 0 Å². The number of hydrogen-bond donors (Lipinski definition) is 1. The summed E-state index contributed by atoms with van der Waals surface area (Å²) in [6, 6.07) is 7.95. The molecule has 134 valence electrons. The van der Waals surface area contributed by atoms with Crippen LogP contribution in [0.3, 0.4) is 0 Å². The fourth-order valence-electron chi connectivity index (χ4n) is 2.74. The first kappa shape index (κ1) is 18.9. The molecule has 1 aromatic carbocycles. The van der Waals surface area contributed by atoms with Crippen molar-refractivity contribution in [3.8, 4) is 0 Å². The Morgan fingerprint density at radius 2 is 1.72 bits per heavy atom. The quantitative estimate of drug-likeness (QED) is 0.811. The topological polar surface area (TPSA) is 58.1 Å². The van der Waals surface area contributed by atoms with Gasteiger partial charge >= 0.3 is 0 Å². The van der Waals surface area contributed by atoms with Crippen molar-refractivity contribution in [3.63, 3.8) is 0 Å². The molecule has 0 unspecified atom stereocenters. The Balaban J connectivity index is 2.30. The summed E-state index contributed by atoms with van der Waals surface area (Å²) in [5, 5.41) is 3.26. The minimum absolute atomic E-state index is 0.0294. The van der Waals surface area contributed by atoms with Crippen LogP contribution in [0.15, 0.2) is 24.3 Å². The van der Waals surface area contributed by atoms with Crippen LogP contribution in [-0.2, 0) is 0 Å². The maximum Gasteiger partial charge on any atom is 0.272 e. The lowest BCUT2D eigenvalue weighted by molar-refractivity contribution is 0.0749. The van der Waals surface area contributed by atoms with Crippen molar-refractivity contribution >= 4 is 17.5 Å². The van der Waals surface area contributed by atoms with Crippen LogP contribution in [-0.4, -0.2) is 33.9 Å². The molecule has 0 aliphatic rings. The Labute approximate surface area is 150 Å². The summed E-state index contributed by atoms with van der Waals surface area (Å²) < 4.78 is 0. The van der Waals surface area contributed by atoms with Gasteiger partial charge in [0.05, 0.1) is 0 Å². The maximum absolute atomic E-state index is 12.8. The molecule has 0 fully saturated rings. The molecule has 25 heavy (non-hydrogen) atoms. The molecule has 0 atom stereocenters. The van der Waals surface area contributed by atoms with Gasteiger partial charge in [-0.05, 0) is 56.9 Å². The van der Waals surface area contributed by atoms with Gasteiger partial charge in [-0.3, -0.25) is 4.79 Å². The van der Waals surface area contributed by atoms with E-state index in [0.717, 1.165) is 48.4 Å². The van der Waals surface area contributed by atoms with Crippen LogP contribution in [0.25, 0.3) is 0 Å². The molecular weight excluding hydrogens is 312 g/mol. The van der Waals surface area contributed by atoms with Gasteiger partial charge in [0.25, 0.3) is 5.91 Å². The van der Waals surface area contributed by atoms with Crippen LogP contribution in [0.5, 0.6) is 0 Å². The molecule has 0 bridgehead atoms. The molecule has 0 saturated carbocycles. The van der Waals surface area contributed by atoms with E-state index in [1.807, 2.05) is 25.7 Å². The Morgan fingerprint density at radius 3 is 2.36 bits per heavy atom. The zero-order chi connectivity index (χ0) is 18.4. The fraction of sp³-hybridized carbons (Fsp3) is 0.450. The van der Waals surface area contributed by atoms with Crippen molar-refractivity contribution in [1.29, 1.82) is 0 Å². The number of nitrogens with one attached hydrogen (secondary N) is 1. The van der Waals surface area contributed by atoms with Crippen molar-refractivity contribution in [3.05, 3.63) is 46.8 Å². The molecule has 1 N–H and O–H groups in total. The Hall–Kier alpha value is -2.43. The summed E-state index contributed by atoms with van der Waals surface area (Å²) in [6.07, 6.45) is 1.87. The Morgan fingerprint density at radius 1 is 1.04 bits per heavy atom. The molecule has 0 spiro atoms. The second-order valence-electron chi connectivity index (χ2n) is 6.45. The zero-order valence-corrected chi connectivity index (χ0v) is 15.9. The number of amides is 1. The molecule has 0 aliphatic carbocycles. The highest BCUT2D eigenvalue weighted by molar-refractivity contribution is 5.92. The summed E-state index contributed by atoms with van der Waals surface area (Å²) in [5.74, 6) is 0.434. The van der Waals surface area contributed by atoms with Crippen LogP contribution in [0, 0.1) is 20.8 Å². The molecule has 0 aliphatic heterocycles. The van der Waals surface area contributed by atoms with Crippen LogP contribution in [0.4, 0.5) is 11.6 Å². The first-order chi connectivity index (χ1) is 11.9. The predicted molar refractivity (Wildman–Crippen MR) is 102 cm³/mol. The summed E-state index contributed by atoms with van der Waals surface area (Å²) in [4.78, 5) is 23.6. The fourth-order valence-corrected chi connectivity index (χ4v) is 2.74. The van der Waals surface area contributed by atoms with E-state index in [0.29, 0.717) is 11.6 Å². The molecular formula is C20H28N4O. The monoisotopic (exact) mass is 340 g/mol. The third-order valence-corrected chi connectivity index (χ3v) is 3.99. The standard InChI is InChI=1S/C20H28N4O/c1-6-10-24(11-7-2)19(25)18-13-16(5)21-20(23-18)22-17-12-14(3)8-9-15(17)4/h8-9,12-13H,6-7,10-11H2,1-5H3,(H,21,22,23). The summed E-state index contributed by atoms with van der Waals surface area (Å²) in [7, 11) is 0. The van der Waals surface area contributed by atoms with Gasteiger partial charge in [0, 0.05) is 24.5 Å². The van der Waals surface area contributed by atoms with E-state index in [1.54, 1.807) is 6.07 Å². The van der Waals surface area contributed by atoms with E-state index in [1.165, 1.54) is 0 Å². The van der Waals surface area contributed by atoms with E-state index in [9.17, 15) is 4.79 Å². The van der Waals surface area contributed by atoms with E-state index in [4.69, 9.17) is 0 Å². The molecule has 1 amide bonds. The first-order valence-corrected chi connectivity index (χ1v) is 8.93. The van der Waals surface area contributed by atoms with Gasteiger partial charge in [-0.25, -0.2) is 9.97 Å². The third-order valence-electron chi connectivity index (χ3n) is 3.99. The van der Waals surface area contributed by atoms with Crippen molar-refractivity contribution in [2.45, 2.75) is 47.5 Å². The Bertz CT molecular complexity index is 736. The first-order valence-electron chi connectivity index (χ1n) is 8.93. The highest BCUT2D eigenvalue weighted by atomic mass is 16.2. The number of carbonyl (C=O) groups is 1. The van der Waals surface area contributed by atoms with E-state index in [-0.39, 0.29) is 5.91 Å². The lowest BCUT2D eigenvalue weighted by Crippen LogP contribution is -2.33. The molecule has 2 aromatic rings. The summed E-state index contributed by atoms with van der Waals surface area (Å²) in [5.41, 5.74) is 4.46. The zero-order valence-electron chi connectivity index (χ0n) is 15.9. The van der Waals surface area contributed by atoms with E-state index in [2.05, 4.69) is 47.3 Å². The van der Waals surface area contributed by atoms with Crippen molar-refractivity contribution < 1.29 is 4.79 Å². The maximum atomic E-state index is 12.8. The van der Waals surface area contributed by atoms with Gasteiger partial charge in [-0.1, -0.05) is 26.0 Å². The predicted octanol–water partition coefficient (Wildman–Crippen LogP) is 4.41. The number of aromatic nitrogens is 2. The van der Waals surface area contributed by atoms with Gasteiger partial charge in [0.2, 0.25) is 5.95 Å². The number of hydrogen-bond acceptors (Lipinski definition) is 4. The number of benzene rings is 1. The number of anilines is 2. The second kappa shape index (κ2) is 8.60. The van der Waals surface area contributed by atoms with Crippen LogP contribution in [0.2, 0.25) is 0 Å². The minimum atomic E-state index is -0.0294. The van der Waals surface area contributed by atoms with Crippen molar-refractivity contribution in [1.82, 2.24) is 14.9 Å². The Kier molecular flexibility index (Phi) is 6.51. The number of carbonyl (C=O) groups excluding carboxylic acids is 1. The van der Waals surface area contributed by atoms with Gasteiger partial charge in [0.1, 0.15) is 5.69 Å². The lowest BCUT2D eigenvalue weighted by atomic mass is 10.1. The molecule has 5 heteroatoms. The van der Waals surface area contributed by atoms with Gasteiger partial charge in [0.15, 0.2) is 0 Å². The largest absolute Gasteiger partial charge is 0.337 e. The third kappa shape index (κ3) is 5.02. The van der Waals surface area contributed by atoms with Crippen molar-refractivity contribution in [2.75, 3.05) is 18.4 Å². The van der Waals surface area contributed by atoms with Crippen LogP contribution in [0.1, 0.15) is 54.0 Å². The average molecular weight is 340 g/mol. The van der Waals surface area contributed by atoms with E-state index < -0.39 is 0 Å². The lowest BCUT2D eigenvalue weighted by Gasteiger charge is -2.21. The smallest absolute Gasteiger partial charge is 0.272 e. The molecule has 5 nitrogen and oxygen atoms in total. The van der Waals surface area contributed by atoms with Gasteiger partial charge < -0.3 is 10.2 Å². The normalized spacial score (nSPS) is 10.6. The minimum Gasteiger partial charge on any atom is -0.337 e. The number of rotatable bonds is 7. The summed E-state index contributed by atoms with van der Waals surface area (Å²) >= 11 is 0. The second-order valence-corrected chi connectivity index (χ2v) is 6.45. The molecule has 0 saturated heterocycles. The highest BCUT2D eigenvalue weighted by Gasteiger charge is 2.17. The average Bonchev–Trinajstić information content (AvgIpc) is 2.57. The number of nitrogens with zero attached hydrogens (tertiary/aromatic N) is 3.